The SMILES string of the molecule is N#Cc1ccc(C(Cn2cncn2)N=O)cc1. The molecule has 17 heavy (non-hydrogen) atoms. The van der Waals surface area contributed by atoms with Crippen LogP contribution in [0.1, 0.15) is 17.2 Å². The highest BCUT2D eigenvalue weighted by atomic mass is 16.3. The van der Waals surface area contributed by atoms with Gasteiger partial charge in [-0.2, -0.15) is 15.3 Å². The first kappa shape index (κ1) is 11.0. The highest BCUT2D eigenvalue weighted by molar-refractivity contribution is 5.32. The topological polar surface area (TPSA) is 83.9 Å². The van der Waals surface area contributed by atoms with Crippen molar-refractivity contribution in [1.29, 1.82) is 5.26 Å². The lowest BCUT2D eigenvalue weighted by Crippen LogP contribution is -2.07. The van der Waals surface area contributed by atoms with E-state index in [0.29, 0.717) is 12.1 Å². The summed E-state index contributed by atoms with van der Waals surface area (Å²) in [4.78, 5) is 14.6. The number of nitrogens with zero attached hydrogens (tertiary/aromatic N) is 5. The van der Waals surface area contributed by atoms with Crippen molar-refractivity contribution in [2.75, 3.05) is 0 Å². The molecule has 0 spiro atoms. The fraction of sp³-hybridized carbons (Fsp3) is 0.182. The summed E-state index contributed by atoms with van der Waals surface area (Å²) < 4.78 is 1.55. The van der Waals surface area contributed by atoms with Gasteiger partial charge in [0.2, 0.25) is 0 Å². The Balaban J connectivity index is 2.17. The van der Waals surface area contributed by atoms with Crippen LogP contribution in [0.15, 0.2) is 42.1 Å². The van der Waals surface area contributed by atoms with Crippen molar-refractivity contribution in [3.63, 3.8) is 0 Å². The van der Waals surface area contributed by atoms with E-state index in [4.69, 9.17) is 5.26 Å². The fourth-order valence-corrected chi connectivity index (χ4v) is 1.48. The van der Waals surface area contributed by atoms with Gasteiger partial charge in [0.25, 0.3) is 0 Å². The molecule has 0 aliphatic rings. The van der Waals surface area contributed by atoms with Crippen molar-refractivity contribution < 1.29 is 0 Å². The van der Waals surface area contributed by atoms with Crippen molar-refractivity contribution in [2.45, 2.75) is 12.6 Å². The van der Waals surface area contributed by atoms with Crippen molar-refractivity contribution in [1.82, 2.24) is 14.8 Å². The number of hydrogen-bond donors (Lipinski definition) is 0. The normalized spacial score (nSPS) is 11.7. The van der Waals surface area contributed by atoms with E-state index in [2.05, 4.69) is 15.3 Å². The third-order valence-corrected chi connectivity index (χ3v) is 2.38. The lowest BCUT2D eigenvalue weighted by atomic mass is 10.1. The van der Waals surface area contributed by atoms with Crippen LogP contribution in [0.25, 0.3) is 0 Å². The monoisotopic (exact) mass is 227 g/mol. The van der Waals surface area contributed by atoms with Crippen LogP contribution in [0.3, 0.4) is 0 Å². The molecule has 0 N–H and O–H groups in total. The Kier molecular flexibility index (Phi) is 3.21. The number of aromatic nitrogens is 3. The standard InChI is InChI=1S/C11H9N5O/c12-5-9-1-3-10(4-2-9)11(15-17)6-16-8-13-7-14-16/h1-4,7-8,11H,6H2. The molecule has 84 valence electrons. The average molecular weight is 227 g/mol. The van der Waals surface area contributed by atoms with E-state index in [9.17, 15) is 4.91 Å². The number of rotatable bonds is 4. The minimum Gasteiger partial charge on any atom is -0.250 e. The van der Waals surface area contributed by atoms with Gasteiger partial charge in [-0.25, -0.2) is 4.98 Å². The Labute approximate surface area is 97.5 Å². The summed E-state index contributed by atoms with van der Waals surface area (Å²) in [5, 5.41) is 15.7. The van der Waals surface area contributed by atoms with E-state index in [1.807, 2.05) is 6.07 Å². The predicted molar refractivity (Wildman–Crippen MR) is 59.7 cm³/mol. The molecular formula is C11H9N5O. The molecule has 6 nitrogen and oxygen atoms in total. The van der Waals surface area contributed by atoms with Gasteiger partial charge in [-0.15, -0.1) is 0 Å². The molecule has 0 amide bonds. The summed E-state index contributed by atoms with van der Waals surface area (Å²) in [6.45, 7) is 0.343. The first-order valence-corrected chi connectivity index (χ1v) is 4.98. The lowest BCUT2D eigenvalue weighted by Gasteiger charge is -2.08. The van der Waals surface area contributed by atoms with Gasteiger partial charge in [0.15, 0.2) is 0 Å². The quantitative estimate of drug-likeness (QED) is 0.743. The summed E-state index contributed by atoms with van der Waals surface area (Å²) in [5.74, 6) is 0. The summed E-state index contributed by atoms with van der Waals surface area (Å²) in [7, 11) is 0. The molecule has 2 rings (SSSR count). The molecular weight excluding hydrogens is 218 g/mol. The fourth-order valence-electron chi connectivity index (χ4n) is 1.48. The molecule has 1 atom stereocenters. The molecule has 1 aromatic carbocycles. The Hall–Kier alpha value is -2.55. The maximum absolute atomic E-state index is 10.8. The second-order valence-electron chi connectivity index (χ2n) is 3.47. The van der Waals surface area contributed by atoms with Gasteiger partial charge >= 0.3 is 0 Å². The first-order valence-electron chi connectivity index (χ1n) is 4.98. The van der Waals surface area contributed by atoms with Crippen LogP contribution < -0.4 is 0 Å². The van der Waals surface area contributed by atoms with Crippen LogP contribution in [0.4, 0.5) is 0 Å². The third-order valence-electron chi connectivity index (χ3n) is 2.38. The largest absolute Gasteiger partial charge is 0.250 e. The molecule has 1 unspecified atom stereocenters. The average Bonchev–Trinajstić information content (AvgIpc) is 2.89. The zero-order chi connectivity index (χ0) is 12.1. The van der Waals surface area contributed by atoms with Crippen LogP contribution in [-0.2, 0) is 6.54 Å². The third kappa shape index (κ3) is 2.52. The van der Waals surface area contributed by atoms with Gasteiger partial charge in [0.05, 0.1) is 18.2 Å². The molecule has 0 saturated carbocycles. The van der Waals surface area contributed by atoms with Crippen molar-refractivity contribution in [3.8, 4) is 6.07 Å². The van der Waals surface area contributed by atoms with Crippen LogP contribution >= 0.6 is 0 Å². The summed E-state index contributed by atoms with van der Waals surface area (Å²) in [5.41, 5.74) is 1.31. The molecule has 0 bridgehead atoms. The van der Waals surface area contributed by atoms with E-state index >= 15 is 0 Å². The molecule has 0 saturated heterocycles. The Bertz CT molecular complexity index is 526. The minimum atomic E-state index is -0.524. The maximum Gasteiger partial charge on any atom is 0.137 e. The molecule has 1 heterocycles. The van der Waals surface area contributed by atoms with E-state index in [-0.39, 0.29) is 0 Å². The minimum absolute atomic E-state index is 0.343. The van der Waals surface area contributed by atoms with E-state index in [0.717, 1.165) is 5.56 Å². The molecule has 0 aliphatic carbocycles. The van der Waals surface area contributed by atoms with E-state index < -0.39 is 6.04 Å². The highest BCUT2D eigenvalue weighted by Crippen LogP contribution is 2.19. The van der Waals surface area contributed by atoms with Gasteiger partial charge in [-0.1, -0.05) is 17.3 Å². The van der Waals surface area contributed by atoms with Crippen molar-refractivity contribution in [2.24, 2.45) is 5.18 Å². The smallest absolute Gasteiger partial charge is 0.137 e. The Morgan fingerprint density at radius 2 is 2.18 bits per heavy atom. The van der Waals surface area contributed by atoms with Gasteiger partial charge in [-0.05, 0) is 17.7 Å². The van der Waals surface area contributed by atoms with Gasteiger partial charge < -0.3 is 0 Å². The van der Waals surface area contributed by atoms with Crippen LogP contribution in [0.5, 0.6) is 0 Å². The molecule has 0 aliphatic heterocycles. The van der Waals surface area contributed by atoms with Gasteiger partial charge in [0, 0.05) is 0 Å². The van der Waals surface area contributed by atoms with E-state index in [1.165, 1.54) is 12.7 Å². The summed E-state index contributed by atoms with van der Waals surface area (Å²) in [6, 6.07) is 8.27. The number of nitroso groups, excluding NO2 is 1. The lowest BCUT2D eigenvalue weighted by molar-refractivity contribution is 0.526. The molecule has 0 fully saturated rings. The number of hydrogen-bond acceptors (Lipinski definition) is 5. The highest BCUT2D eigenvalue weighted by Gasteiger charge is 2.12. The molecule has 1 aromatic heterocycles. The number of benzene rings is 1. The zero-order valence-corrected chi connectivity index (χ0v) is 8.89. The maximum atomic E-state index is 10.8. The molecule has 2 aromatic rings. The molecule has 0 radical (unpaired) electrons. The summed E-state index contributed by atoms with van der Waals surface area (Å²) in [6.07, 6.45) is 2.93. The van der Waals surface area contributed by atoms with Crippen LogP contribution in [0.2, 0.25) is 0 Å². The van der Waals surface area contributed by atoms with Gasteiger partial charge in [0.1, 0.15) is 18.7 Å². The Morgan fingerprint density at radius 3 is 2.71 bits per heavy atom. The van der Waals surface area contributed by atoms with Crippen LogP contribution in [0, 0.1) is 16.2 Å². The van der Waals surface area contributed by atoms with Crippen molar-refractivity contribution in [3.05, 3.63) is 53.0 Å². The summed E-state index contributed by atoms with van der Waals surface area (Å²) >= 11 is 0. The van der Waals surface area contributed by atoms with Crippen LogP contribution in [-0.4, -0.2) is 14.8 Å². The van der Waals surface area contributed by atoms with Crippen molar-refractivity contribution >= 4 is 0 Å². The first-order chi connectivity index (χ1) is 8.33. The van der Waals surface area contributed by atoms with E-state index in [1.54, 1.807) is 28.9 Å². The van der Waals surface area contributed by atoms with Gasteiger partial charge in [-0.3, -0.25) is 4.68 Å². The second kappa shape index (κ2) is 4.99. The second-order valence-corrected chi connectivity index (χ2v) is 3.47. The Morgan fingerprint density at radius 1 is 1.41 bits per heavy atom. The molecule has 6 heteroatoms. The zero-order valence-electron chi connectivity index (χ0n) is 8.89. The number of nitriles is 1. The predicted octanol–water partition coefficient (Wildman–Crippen LogP) is 1.66.